The molecule has 108 valence electrons. The van der Waals surface area contributed by atoms with Crippen LogP contribution < -0.4 is 21.0 Å². The molecule has 0 aromatic carbocycles. The maximum Gasteiger partial charge on any atom is 0.250 e. The second-order valence-electron chi connectivity index (χ2n) is 4.51. The number of nitrogens with one attached hydrogen (secondary N) is 3. The molecule has 1 unspecified atom stereocenters. The molecule has 0 bridgehead atoms. The van der Waals surface area contributed by atoms with Crippen LogP contribution in [0, 0.1) is 0 Å². The van der Waals surface area contributed by atoms with Gasteiger partial charge in [-0.05, 0) is 6.42 Å². The molecule has 3 rings (SSSR count). The molecule has 2 aliphatic rings. The Morgan fingerprint density at radius 1 is 1.45 bits per heavy atom. The maximum absolute atomic E-state index is 11.8. The number of carbonyl (C=O) groups is 2. The standard InChI is InChI=1S/C12H14N4O3S.H2/c1-19-10-6-20-5-7(10)8-4-16(15-14-8)9-2-3-11(17)13-12(9)18;/h4-6,9,14-15H,2-3H2,1H3,(H,13,17,18);1H. The Hall–Kier alpha value is -2.06. The van der Waals surface area contributed by atoms with Gasteiger partial charge in [-0.2, -0.15) is 0 Å². The summed E-state index contributed by atoms with van der Waals surface area (Å²) in [6.07, 6.45) is 2.65. The van der Waals surface area contributed by atoms with Crippen LogP contribution in [0.4, 0.5) is 0 Å². The predicted octanol–water partition coefficient (Wildman–Crippen LogP) is 0.431. The van der Waals surface area contributed by atoms with Gasteiger partial charge < -0.3 is 10.2 Å². The van der Waals surface area contributed by atoms with E-state index in [1.165, 1.54) is 11.3 Å². The third-order valence-corrected chi connectivity index (χ3v) is 3.99. The number of amides is 2. The van der Waals surface area contributed by atoms with Crippen molar-refractivity contribution in [2.24, 2.45) is 0 Å². The molecule has 0 aliphatic carbocycles. The van der Waals surface area contributed by atoms with Crippen LogP contribution in [0.2, 0.25) is 0 Å². The van der Waals surface area contributed by atoms with Gasteiger partial charge in [0, 0.05) is 24.8 Å². The van der Waals surface area contributed by atoms with E-state index in [2.05, 4.69) is 16.3 Å². The highest BCUT2D eigenvalue weighted by molar-refractivity contribution is 7.08. The van der Waals surface area contributed by atoms with E-state index in [4.69, 9.17) is 4.74 Å². The van der Waals surface area contributed by atoms with Crippen LogP contribution in [-0.4, -0.2) is 30.0 Å². The molecular formula is C12H16N4O3S. The van der Waals surface area contributed by atoms with Crippen molar-refractivity contribution < 1.29 is 15.8 Å². The summed E-state index contributed by atoms with van der Waals surface area (Å²) in [7, 11) is 1.62. The first kappa shape index (κ1) is 12.9. The van der Waals surface area contributed by atoms with E-state index in [0.717, 1.165) is 17.0 Å². The summed E-state index contributed by atoms with van der Waals surface area (Å²) < 4.78 is 5.27. The average molecular weight is 296 g/mol. The van der Waals surface area contributed by atoms with Crippen LogP contribution in [-0.2, 0) is 9.59 Å². The molecule has 7 nitrogen and oxygen atoms in total. The molecular weight excluding hydrogens is 280 g/mol. The van der Waals surface area contributed by atoms with Crippen molar-refractivity contribution in [2.45, 2.75) is 18.9 Å². The van der Waals surface area contributed by atoms with Crippen LogP contribution in [0.15, 0.2) is 17.0 Å². The minimum Gasteiger partial charge on any atom is -0.495 e. The highest BCUT2D eigenvalue weighted by Crippen LogP contribution is 2.30. The van der Waals surface area contributed by atoms with Crippen LogP contribution in [0.5, 0.6) is 5.75 Å². The minimum absolute atomic E-state index is 0. The number of imide groups is 1. The van der Waals surface area contributed by atoms with Crippen molar-refractivity contribution >= 4 is 28.8 Å². The van der Waals surface area contributed by atoms with Crippen LogP contribution in [0.25, 0.3) is 5.70 Å². The van der Waals surface area contributed by atoms with E-state index in [1.807, 2.05) is 17.0 Å². The molecule has 3 heterocycles. The molecule has 2 aliphatic heterocycles. The number of piperidine rings is 1. The normalized spacial score (nSPS) is 22.4. The summed E-state index contributed by atoms with van der Waals surface area (Å²) in [4.78, 5) is 23.0. The first-order chi connectivity index (χ1) is 9.69. The van der Waals surface area contributed by atoms with Gasteiger partial charge in [0.05, 0.1) is 18.4 Å². The van der Waals surface area contributed by atoms with Gasteiger partial charge >= 0.3 is 0 Å². The fraction of sp³-hybridized carbons (Fsp3) is 0.333. The Morgan fingerprint density at radius 2 is 2.30 bits per heavy atom. The molecule has 1 saturated heterocycles. The van der Waals surface area contributed by atoms with Gasteiger partial charge in [0.15, 0.2) is 0 Å². The molecule has 3 N–H and O–H groups in total. The first-order valence-electron chi connectivity index (χ1n) is 6.15. The third kappa shape index (κ3) is 2.23. The van der Waals surface area contributed by atoms with Gasteiger partial charge in [0.25, 0.3) is 5.91 Å². The number of nitrogens with zero attached hydrogens (tertiary/aromatic N) is 1. The fourth-order valence-electron chi connectivity index (χ4n) is 2.22. The van der Waals surface area contributed by atoms with Crippen LogP contribution in [0.3, 0.4) is 0 Å². The van der Waals surface area contributed by atoms with E-state index in [-0.39, 0.29) is 13.2 Å². The summed E-state index contributed by atoms with van der Waals surface area (Å²) >= 11 is 1.54. The molecule has 2 amide bonds. The molecule has 0 spiro atoms. The number of thiophene rings is 1. The Bertz CT molecular complexity index is 589. The van der Waals surface area contributed by atoms with Crippen molar-refractivity contribution in [1.82, 2.24) is 21.3 Å². The second kappa shape index (κ2) is 5.14. The van der Waals surface area contributed by atoms with Crippen molar-refractivity contribution in [3.8, 4) is 5.75 Å². The Labute approximate surface area is 121 Å². The Morgan fingerprint density at radius 3 is 3.05 bits per heavy atom. The van der Waals surface area contributed by atoms with Gasteiger partial charge in [-0.1, -0.05) is 0 Å². The lowest BCUT2D eigenvalue weighted by Gasteiger charge is -2.28. The average Bonchev–Trinajstić information content (AvgIpc) is 3.06. The summed E-state index contributed by atoms with van der Waals surface area (Å²) in [5, 5.41) is 7.89. The molecule has 1 fully saturated rings. The van der Waals surface area contributed by atoms with E-state index < -0.39 is 6.04 Å². The molecule has 1 aromatic heterocycles. The monoisotopic (exact) mass is 296 g/mol. The van der Waals surface area contributed by atoms with Gasteiger partial charge in [0.1, 0.15) is 11.8 Å². The van der Waals surface area contributed by atoms with Crippen molar-refractivity contribution in [3.05, 3.63) is 22.5 Å². The zero-order valence-electron chi connectivity index (χ0n) is 10.8. The number of rotatable bonds is 3. The fourth-order valence-corrected chi connectivity index (χ4v) is 3.01. The third-order valence-electron chi connectivity index (χ3n) is 3.27. The lowest BCUT2D eigenvalue weighted by Crippen LogP contribution is -2.54. The Balaban J connectivity index is 0.00000161. The molecule has 1 aromatic rings. The van der Waals surface area contributed by atoms with E-state index >= 15 is 0 Å². The second-order valence-corrected chi connectivity index (χ2v) is 5.25. The summed E-state index contributed by atoms with van der Waals surface area (Å²) in [6, 6.07) is -0.401. The van der Waals surface area contributed by atoms with E-state index in [1.54, 1.807) is 12.1 Å². The van der Waals surface area contributed by atoms with Crippen molar-refractivity contribution in [3.63, 3.8) is 0 Å². The topological polar surface area (TPSA) is 82.7 Å². The van der Waals surface area contributed by atoms with Gasteiger partial charge in [0.2, 0.25) is 5.91 Å². The lowest BCUT2D eigenvalue weighted by molar-refractivity contribution is -0.137. The largest absolute Gasteiger partial charge is 0.495 e. The zero-order chi connectivity index (χ0) is 14.1. The molecule has 0 radical (unpaired) electrons. The van der Waals surface area contributed by atoms with Crippen LogP contribution in [0.1, 0.15) is 19.8 Å². The predicted molar refractivity (Wildman–Crippen MR) is 75.2 cm³/mol. The molecule has 8 heteroatoms. The van der Waals surface area contributed by atoms with Crippen molar-refractivity contribution in [2.75, 3.05) is 7.11 Å². The first-order valence-corrected chi connectivity index (χ1v) is 7.09. The number of hydrazine groups is 2. The number of ether oxygens (including phenoxy) is 1. The number of hydrogen-bond acceptors (Lipinski definition) is 7. The molecule has 1 atom stereocenters. The zero-order valence-corrected chi connectivity index (χ0v) is 11.6. The van der Waals surface area contributed by atoms with Gasteiger partial charge in [-0.25, -0.2) is 0 Å². The summed E-state index contributed by atoms with van der Waals surface area (Å²) in [6.45, 7) is 0. The Kier molecular flexibility index (Phi) is 3.33. The van der Waals surface area contributed by atoms with E-state index in [0.29, 0.717) is 12.8 Å². The van der Waals surface area contributed by atoms with Crippen molar-refractivity contribution in [1.29, 1.82) is 0 Å². The smallest absolute Gasteiger partial charge is 0.250 e. The number of carbonyl (C=O) groups excluding carboxylic acids is 2. The van der Waals surface area contributed by atoms with Gasteiger partial charge in [-0.3, -0.25) is 19.9 Å². The maximum atomic E-state index is 11.8. The highest BCUT2D eigenvalue weighted by Gasteiger charge is 2.33. The number of methoxy groups -OCH3 is 1. The summed E-state index contributed by atoms with van der Waals surface area (Å²) in [5.74, 6) is 0.271. The van der Waals surface area contributed by atoms with Crippen LogP contribution >= 0.6 is 11.3 Å². The number of hydrogen-bond donors (Lipinski definition) is 3. The highest BCUT2D eigenvalue weighted by atomic mass is 32.1. The molecule has 20 heavy (non-hydrogen) atoms. The minimum atomic E-state index is -0.401. The molecule has 0 saturated carbocycles. The lowest BCUT2D eigenvalue weighted by atomic mass is 10.1. The SMILES string of the molecule is COc1cscc1C1=CN(C2CCC(=O)NC2=O)NN1.[HH]. The quantitative estimate of drug-likeness (QED) is 0.702. The van der Waals surface area contributed by atoms with E-state index in [9.17, 15) is 9.59 Å². The summed E-state index contributed by atoms with van der Waals surface area (Å²) in [5.41, 5.74) is 7.70. The van der Waals surface area contributed by atoms with Gasteiger partial charge in [-0.15, -0.1) is 16.9 Å².